The first-order valence-corrected chi connectivity index (χ1v) is 14.0. The predicted octanol–water partition coefficient (Wildman–Crippen LogP) is 7.17. The lowest BCUT2D eigenvalue weighted by molar-refractivity contribution is -0.132. The van der Waals surface area contributed by atoms with Gasteiger partial charge in [0.05, 0.1) is 29.4 Å². The predicted molar refractivity (Wildman–Crippen MR) is 167 cm³/mol. The van der Waals surface area contributed by atoms with E-state index in [9.17, 15) is 14.4 Å². The fourth-order valence-corrected chi connectivity index (χ4v) is 4.98. The molecule has 0 saturated heterocycles. The second kappa shape index (κ2) is 12.9. The number of carbonyl (C=O) groups is 3. The molecule has 0 fully saturated rings. The minimum Gasteiger partial charge on any atom is -0.493 e. The number of nitrogens with one attached hydrogen (secondary N) is 2. The van der Waals surface area contributed by atoms with Crippen LogP contribution in [0.2, 0.25) is 5.02 Å². The van der Waals surface area contributed by atoms with E-state index in [-0.39, 0.29) is 22.8 Å². The molecule has 11 heteroatoms. The highest BCUT2D eigenvalue weighted by Crippen LogP contribution is 2.35. The average Bonchev–Trinajstić information content (AvgIpc) is 3.40. The van der Waals surface area contributed by atoms with Crippen molar-refractivity contribution < 1.29 is 28.6 Å². The van der Waals surface area contributed by atoms with Gasteiger partial charge in [-0.1, -0.05) is 70.0 Å². The molecule has 0 bridgehead atoms. The number of methoxy groups -OCH3 is 1. The standard InChI is InChI=1S/C32H23BrClN3O6/c1-18(38)42-26-13-11-20(16-27(26)41-2)32(40)43-25-14-12-22(33)15-21(25)17-35-37-31(39)30-28(19-7-4-3-5-8-19)23-9-6-10-24(34)29(23)36-30/h3-17,36H,1-2H3,(H,37,39). The molecule has 0 radical (unpaired) electrons. The number of aromatic amines is 1. The summed E-state index contributed by atoms with van der Waals surface area (Å²) in [7, 11) is 1.39. The molecule has 1 aromatic heterocycles. The van der Waals surface area contributed by atoms with Gasteiger partial charge in [0.15, 0.2) is 11.5 Å². The number of halogens is 2. The molecule has 5 rings (SSSR count). The van der Waals surface area contributed by atoms with E-state index in [1.165, 1.54) is 38.4 Å². The van der Waals surface area contributed by atoms with Crippen molar-refractivity contribution in [3.8, 4) is 28.4 Å². The number of para-hydroxylation sites is 1. The normalized spacial score (nSPS) is 11.0. The first-order valence-electron chi connectivity index (χ1n) is 12.8. The number of hydrazone groups is 1. The number of hydrogen-bond acceptors (Lipinski definition) is 7. The zero-order chi connectivity index (χ0) is 30.5. The number of benzene rings is 4. The molecule has 43 heavy (non-hydrogen) atoms. The van der Waals surface area contributed by atoms with Gasteiger partial charge in [-0.3, -0.25) is 9.59 Å². The van der Waals surface area contributed by atoms with Crippen LogP contribution in [-0.4, -0.2) is 36.2 Å². The summed E-state index contributed by atoms with van der Waals surface area (Å²) in [5.74, 6) is -1.14. The number of esters is 2. The van der Waals surface area contributed by atoms with Crippen molar-refractivity contribution >= 4 is 62.5 Å². The maximum absolute atomic E-state index is 13.3. The molecule has 0 aliphatic rings. The van der Waals surface area contributed by atoms with Crippen LogP contribution >= 0.6 is 27.5 Å². The topological polar surface area (TPSA) is 119 Å². The van der Waals surface area contributed by atoms with E-state index < -0.39 is 17.8 Å². The summed E-state index contributed by atoms with van der Waals surface area (Å²) < 4.78 is 16.7. The fraction of sp³-hybridized carbons (Fsp3) is 0.0625. The summed E-state index contributed by atoms with van der Waals surface area (Å²) in [6, 6.07) is 24.2. The number of ether oxygens (including phenoxy) is 3. The molecule has 2 N–H and O–H groups in total. The van der Waals surface area contributed by atoms with Gasteiger partial charge in [-0.15, -0.1) is 0 Å². The van der Waals surface area contributed by atoms with Crippen LogP contribution in [0.3, 0.4) is 0 Å². The lowest BCUT2D eigenvalue weighted by Gasteiger charge is -2.11. The van der Waals surface area contributed by atoms with Gasteiger partial charge in [-0.25, -0.2) is 10.2 Å². The van der Waals surface area contributed by atoms with Crippen molar-refractivity contribution in [3.63, 3.8) is 0 Å². The molecule has 4 aromatic carbocycles. The highest BCUT2D eigenvalue weighted by atomic mass is 79.9. The van der Waals surface area contributed by atoms with Crippen molar-refractivity contribution in [1.82, 2.24) is 10.4 Å². The van der Waals surface area contributed by atoms with Crippen LogP contribution in [-0.2, 0) is 4.79 Å². The summed E-state index contributed by atoms with van der Waals surface area (Å²) in [5, 5.41) is 5.42. The van der Waals surface area contributed by atoms with Crippen LogP contribution in [0.15, 0.2) is 94.5 Å². The summed E-state index contributed by atoms with van der Waals surface area (Å²) in [5.41, 5.74) is 5.58. The van der Waals surface area contributed by atoms with E-state index >= 15 is 0 Å². The zero-order valence-corrected chi connectivity index (χ0v) is 25.2. The van der Waals surface area contributed by atoms with Crippen LogP contribution < -0.4 is 19.6 Å². The monoisotopic (exact) mass is 659 g/mol. The molecule has 0 aliphatic heterocycles. The van der Waals surface area contributed by atoms with Gasteiger partial charge in [0.25, 0.3) is 5.91 Å². The van der Waals surface area contributed by atoms with Gasteiger partial charge in [0, 0.05) is 27.9 Å². The van der Waals surface area contributed by atoms with E-state index in [2.05, 4.69) is 31.4 Å². The zero-order valence-electron chi connectivity index (χ0n) is 22.8. The first kappa shape index (κ1) is 29.6. The quantitative estimate of drug-likeness (QED) is 0.0789. The number of amides is 1. The number of fused-ring (bicyclic) bond motifs is 1. The highest BCUT2D eigenvalue weighted by Gasteiger charge is 2.20. The molecular formula is C32H23BrClN3O6. The third-order valence-corrected chi connectivity index (χ3v) is 7.08. The van der Waals surface area contributed by atoms with Gasteiger partial charge in [-0.05, 0) is 48.0 Å². The third-order valence-electron chi connectivity index (χ3n) is 6.27. The second-order valence-corrected chi connectivity index (χ2v) is 10.5. The molecule has 0 saturated carbocycles. The molecule has 9 nitrogen and oxygen atoms in total. The molecule has 5 aromatic rings. The summed E-state index contributed by atoms with van der Waals surface area (Å²) in [6.45, 7) is 1.26. The lowest BCUT2D eigenvalue weighted by atomic mass is 10.0. The van der Waals surface area contributed by atoms with E-state index in [0.717, 1.165) is 10.9 Å². The Kier molecular flexibility index (Phi) is 8.89. The Hall–Kier alpha value is -4.93. The van der Waals surface area contributed by atoms with Crippen molar-refractivity contribution in [2.24, 2.45) is 5.10 Å². The Morgan fingerprint density at radius 1 is 0.907 bits per heavy atom. The number of nitrogens with zero attached hydrogens (tertiary/aromatic N) is 1. The summed E-state index contributed by atoms with van der Waals surface area (Å²) in [4.78, 5) is 40.8. The van der Waals surface area contributed by atoms with Crippen LogP contribution in [0.1, 0.15) is 33.3 Å². The Morgan fingerprint density at radius 2 is 1.67 bits per heavy atom. The number of aromatic nitrogens is 1. The fourth-order valence-electron chi connectivity index (χ4n) is 4.38. The van der Waals surface area contributed by atoms with Gasteiger partial charge in [-0.2, -0.15) is 5.10 Å². The molecular weight excluding hydrogens is 638 g/mol. The number of H-pyrrole nitrogens is 1. The van der Waals surface area contributed by atoms with Crippen LogP contribution in [0.4, 0.5) is 0 Å². The van der Waals surface area contributed by atoms with Gasteiger partial charge in [0.1, 0.15) is 11.4 Å². The molecule has 0 atom stereocenters. The van der Waals surface area contributed by atoms with Gasteiger partial charge in [0.2, 0.25) is 0 Å². The maximum atomic E-state index is 13.3. The highest BCUT2D eigenvalue weighted by molar-refractivity contribution is 9.10. The van der Waals surface area contributed by atoms with E-state index in [0.29, 0.717) is 31.8 Å². The van der Waals surface area contributed by atoms with Crippen LogP contribution in [0.5, 0.6) is 17.2 Å². The summed E-state index contributed by atoms with van der Waals surface area (Å²) >= 11 is 9.82. The Labute approximate surface area is 259 Å². The van der Waals surface area contributed by atoms with Gasteiger partial charge >= 0.3 is 11.9 Å². The largest absolute Gasteiger partial charge is 0.493 e. The number of carbonyl (C=O) groups excluding carboxylic acids is 3. The minimum atomic E-state index is -0.684. The maximum Gasteiger partial charge on any atom is 0.343 e. The molecule has 216 valence electrons. The van der Waals surface area contributed by atoms with E-state index in [1.54, 1.807) is 24.3 Å². The lowest BCUT2D eigenvalue weighted by Crippen LogP contribution is -2.19. The van der Waals surface area contributed by atoms with Crippen molar-refractivity contribution in [2.75, 3.05) is 7.11 Å². The molecule has 0 unspecified atom stereocenters. The third kappa shape index (κ3) is 6.61. The SMILES string of the molecule is COc1cc(C(=O)Oc2ccc(Br)cc2C=NNC(=O)c2[nH]c3c(Cl)cccc3c2-c2ccccc2)ccc1OC(C)=O. The van der Waals surface area contributed by atoms with Gasteiger partial charge < -0.3 is 19.2 Å². The molecule has 1 amide bonds. The Morgan fingerprint density at radius 3 is 2.42 bits per heavy atom. The average molecular weight is 661 g/mol. The van der Waals surface area contributed by atoms with E-state index in [1.807, 2.05) is 42.5 Å². The Bertz CT molecular complexity index is 1890. The number of hydrogen-bond donors (Lipinski definition) is 2. The second-order valence-electron chi connectivity index (χ2n) is 9.13. The molecule has 0 aliphatic carbocycles. The van der Waals surface area contributed by atoms with Crippen LogP contribution in [0, 0.1) is 0 Å². The summed E-state index contributed by atoms with van der Waals surface area (Å²) in [6.07, 6.45) is 1.37. The molecule has 0 spiro atoms. The van der Waals surface area contributed by atoms with E-state index in [4.69, 9.17) is 25.8 Å². The molecule has 1 heterocycles. The Balaban J connectivity index is 1.39. The first-order chi connectivity index (χ1) is 20.7. The van der Waals surface area contributed by atoms with Crippen molar-refractivity contribution in [3.05, 3.63) is 111 Å². The smallest absolute Gasteiger partial charge is 0.343 e. The minimum absolute atomic E-state index is 0.165. The number of rotatable bonds is 8. The van der Waals surface area contributed by atoms with Crippen LogP contribution in [0.25, 0.3) is 22.0 Å². The van der Waals surface area contributed by atoms with Crippen molar-refractivity contribution in [2.45, 2.75) is 6.92 Å². The van der Waals surface area contributed by atoms with Crippen molar-refractivity contribution in [1.29, 1.82) is 0 Å².